The van der Waals surface area contributed by atoms with Gasteiger partial charge < -0.3 is 15.2 Å². The van der Waals surface area contributed by atoms with Crippen LogP contribution in [-0.2, 0) is 6.42 Å². The van der Waals surface area contributed by atoms with E-state index in [0.717, 1.165) is 31.2 Å². The maximum Gasteiger partial charge on any atom is 0.226 e. The van der Waals surface area contributed by atoms with Gasteiger partial charge in [0.2, 0.25) is 5.89 Å². The second kappa shape index (κ2) is 11.0. The van der Waals surface area contributed by atoms with Crippen LogP contribution in [0.4, 0.5) is 0 Å². The Morgan fingerprint density at radius 2 is 2.00 bits per heavy atom. The highest BCUT2D eigenvalue weighted by Crippen LogP contribution is 2.10. The number of guanidine groups is 1. The van der Waals surface area contributed by atoms with E-state index >= 15 is 0 Å². The minimum atomic E-state index is 0.308. The Morgan fingerprint density at radius 3 is 2.61 bits per heavy atom. The summed E-state index contributed by atoms with van der Waals surface area (Å²) in [5, 5.41) is 10.7. The van der Waals surface area contributed by atoms with Crippen LogP contribution in [0.2, 0.25) is 0 Å². The van der Waals surface area contributed by atoms with Gasteiger partial charge in [0.1, 0.15) is 0 Å². The molecule has 1 atom stereocenters. The average molecular weight is 323 g/mol. The number of unbranched alkanes of at least 4 members (excludes halogenated alkanes) is 2. The molecule has 6 heteroatoms. The topological polar surface area (TPSA) is 75.3 Å². The smallest absolute Gasteiger partial charge is 0.226 e. The first-order chi connectivity index (χ1) is 11.1. The summed E-state index contributed by atoms with van der Waals surface area (Å²) in [5.74, 6) is 2.67. The lowest BCUT2D eigenvalue weighted by atomic mass is 10.1. The number of aromatic nitrogens is 2. The molecule has 0 aliphatic carbocycles. The van der Waals surface area contributed by atoms with Crippen LogP contribution < -0.4 is 10.6 Å². The molecule has 1 aromatic heterocycles. The first-order valence-electron chi connectivity index (χ1n) is 8.86. The molecule has 1 heterocycles. The van der Waals surface area contributed by atoms with Crippen molar-refractivity contribution in [3.8, 4) is 0 Å². The first kappa shape index (κ1) is 19.5. The summed E-state index contributed by atoms with van der Waals surface area (Å²) in [6, 6.07) is 0.442. The lowest BCUT2D eigenvalue weighted by molar-refractivity contribution is 0.368. The van der Waals surface area contributed by atoms with Crippen LogP contribution in [0.1, 0.15) is 77.4 Å². The van der Waals surface area contributed by atoms with Crippen molar-refractivity contribution in [1.82, 2.24) is 20.8 Å². The predicted molar refractivity (Wildman–Crippen MR) is 94.8 cm³/mol. The van der Waals surface area contributed by atoms with Gasteiger partial charge in [-0.15, -0.1) is 0 Å². The fourth-order valence-corrected chi connectivity index (χ4v) is 2.25. The fourth-order valence-electron chi connectivity index (χ4n) is 2.25. The normalized spacial score (nSPS) is 13.4. The van der Waals surface area contributed by atoms with Gasteiger partial charge >= 0.3 is 0 Å². The van der Waals surface area contributed by atoms with Crippen LogP contribution >= 0.6 is 0 Å². The van der Waals surface area contributed by atoms with Crippen molar-refractivity contribution >= 4 is 5.96 Å². The summed E-state index contributed by atoms with van der Waals surface area (Å²) in [5.41, 5.74) is 0. The molecule has 2 N–H and O–H groups in total. The Kier molecular flexibility index (Phi) is 9.33. The molecule has 0 spiro atoms. The molecule has 0 fully saturated rings. The highest BCUT2D eigenvalue weighted by molar-refractivity contribution is 5.79. The van der Waals surface area contributed by atoms with E-state index < -0.39 is 0 Å². The number of nitrogens with zero attached hydrogens (tertiary/aromatic N) is 3. The van der Waals surface area contributed by atoms with Gasteiger partial charge in [-0.3, -0.25) is 4.99 Å². The molecule has 132 valence electrons. The van der Waals surface area contributed by atoms with E-state index in [9.17, 15) is 0 Å². The molecule has 0 bridgehead atoms. The Labute approximate surface area is 140 Å². The monoisotopic (exact) mass is 323 g/mol. The van der Waals surface area contributed by atoms with Crippen molar-refractivity contribution in [3.05, 3.63) is 11.7 Å². The van der Waals surface area contributed by atoms with Crippen molar-refractivity contribution < 1.29 is 4.52 Å². The van der Waals surface area contributed by atoms with Gasteiger partial charge in [-0.25, -0.2) is 0 Å². The second-order valence-corrected chi connectivity index (χ2v) is 6.34. The summed E-state index contributed by atoms with van der Waals surface area (Å²) in [6.07, 6.45) is 6.71. The van der Waals surface area contributed by atoms with Crippen molar-refractivity contribution in [2.24, 2.45) is 4.99 Å². The van der Waals surface area contributed by atoms with Gasteiger partial charge in [-0.2, -0.15) is 4.98 Å². The van der Waals surface area contributed by atoms with Crippen LogP contribution in [0.15, 0.2) is 9.52 Å². The molecule has 0 amide bonds. The summed E-state index contributed by atoms with van der Waals surface area (Å²) in [4.78, 5) is 8.66. The van der Waals surface area contributed by atoms with E-state index in [1.807, 2.05) is 0 Å². The van der Waals surface area contributed by atoms with Crippen LogP contribution in [0.25, 0.3) is 0 Å². The van der Waals surface area contributed by atoms with Crippen molar-refractivity contribution in [1.29, 1.82) is 0 Å². The molecule has 23 heavy (non-hydrogen) atoms. The Morgan fingerprint density at radius 1 is 1.22 bits per heavy atom. The van der Waals surface area contributed by atoms with Gasteiger partial charge in [0.05, 0.1) is 0 Å². The molecule has 0 saturated heterocycles. The second-order valence-electron chi connectivity index (χ2n) is 6.34. The molecular formula is C17H33N5O. The highest BCUT2D eigenvalue weighted by Gasteiger charge is 2.09. The number of rotatable bonds is 10. The van der Waals surface area contributed by atoms with E-state index in [0.29, 0.717) is 17.9 Å². The summed E-state index contributed by atoms with van der Waals surface area (Å²) < 4.78 is 5.24. The molecule has 1 aromatic rings. The van der Waals surface area contributed by atoms with E-state index in [1.165, 1.54) is 25.7 Å². The molecule has 1 unspecified atom stereocenters. The molecular weight excluding hydrogens is 290 g/mol. The standard InChI is InChI=1S/C17H33N5O/c1-6-7-8-10-14(4)20-17(18-5)19-12-9-11-15-21-16(13(2)3)22-23-15/h13-14H,6-12H2,1-5H3,(H2,18,19,20). The number of aryl methyl sites for hydroxylation is 1. The third-order valence-electron chi connectivity index (χ3n) is 3.71. The van der Waals surface area contributed by atoms with Crippen LogP contribution in [0, 0.1) is 0 Å². The maximum atomic E-state index is 5.24. The largest absolute Gasteiger partial charge is 0.356 e. The Balaban J connectivity index is 2.21. The van der Waals surface area contributed by atoms with Crippen molar-refractivity contribution in [2.45, 2.75) is 78.2 Å². The predicted octanol–water partition coefficient (Wildman–Crippen LogP) is 3.26. The molecule has 1 rings (SSSR count). The zero-order chi connectivity index (χ0) is 17.1. The van der Waals surface area contributed by atoms with Crippen LogP contribution in [-0.4, -0.2) is 35.7 Å². The van der Waals surface area contributed by atoms with Gasteiger partial charge in [0.15, 0.2) is 11.8 Å². The lowest BCUT2D eigenvalue weighted by Crippen LogP contribution is -2.42. The molecule has 6 nitrogen and oxygen atoms in total. The summed E-state index contributed by atoms with van der Waals surface area (Å²) >= 11 is 0. The number of hydrogen-bond donors (Lipinski definition) is 2. The average Bonchev–Trinajstić information content (AvgIpc) is 2.99. The molecule has 0 radical (unpaired) electrons. The quantitative estimate of drug-likeness (QED) is 0.393. The van der Waals surface area contributed by atoms with E-state index in [2.05, 4.69) is 53.5 Å². The zero-order valence-corrected chi connectivity index (χ0v) is 15.4. The third-order valence-corrected chi connectivity index (χ3v) is 3.71. The molecule has 0 saturated carbocycles. The number of aliphatic imine (C=N–C) groups is 1. The lowest BCUT2D eigenvalue weighted by Gasteiger charge is -2.17. The van der Waals surface area contributed by atoms with Crippen LogP contribution in [0.3, 0.4) is 0 Å². The minimum Gasteiger partial charge on any atom is -0.356 e. The fraction of sp³-hybridized carbons (Fsp3) is 0.824. The highest BCUT2D eigenvalue weighted by atomic mass is 16.5. The van der Waals surface area contributed by atoms with Crippen molar-refractivity contribution in [2.75, 3.05) is 13.6 Å². The van der Waals surface area contributed by atoms with E-state index in [-0.39, 0.29) is 0 Å². The third kappa shape index (κ3) is 8.00. The van der Waals surface area contributed by atoms with Gasteiger partial charge in [0, 0.05) is 32.0 Å². The molecule has 0 aliphatic rings. The Hall–Kier alpha value is -1.59. The van der Waals surface area contributed by atoms with Gasteiger partial charge in [0.25, 0.3) is 0 Å². The van der Waals surface area contributed by atoms with Gasteiger partial charge in [-0.1, -0.05) is 45.2 Å². The van der Waals surface area contributed by atoms with E-state index in [4.69, 9.17) is 4.52 Å². The number of nitrogens with one attached hydrogen (secondary N) is 2. The summed E-state index contributed by atoms with van der Waals surface area (Å²) in [7, 11) is 1.81. The first-order valence-corrected chi connectivity index (χ1v) is 8.86. The van der Waals surface area contributed by atoms with Crippen LogP contribution in [0.5, 0.6) is 0 Å². The van der Waals surface area contributed by atoms with Crippen molar-refractivity contribution in [3.63, 3.8) is 0 Å². The molecule has 0 aromatic carbocycles. The zero-order valence-electron chi connectivity index (χ0n) is 15.4. The minimum absolute atomic E-state index is 0.308. The number of hydrogen-bond acceptors (Lipinski definition) is 4. The van der Waals surface area contributed by atoms with E-state index in [1.54, 1.807) is 7.05 Å². The SMILES string of the molecule is CCCCCC(C)NC(=NC)NCCCc1nc(C(C)C)no1. The molecule has 0 aliphatic heterocycles. The Bertz CT molecular complexity index is 456. The van der Waals surface area contributed by atoms with Gasteiger partial charge in [-0.05, 0) is 19.8 Å². The summed E-state index contributed by atoms with van der Waals surface area (Å²) in [6.45, 7) is 9.39. The maximum absolute atomic E-state index is 5.24.